The zero-order valence-corrected chi connectivity index (χ0v) is 38.7. The Morgan fingerprint density at radius 1 is 0.565 bits per heavy atom. The van der Waals surface area contributed by atoms with E-state index in [9.17, 15) is 58.8 Å². The van der Waals surface area contributed by atoms with Crippen molar-refractivity contribution in [2.24, 2.45) is 23.7 Å². The second kappa shape index (κ2) is 24.1. The molecule has 0 saturated carbocycles. The third-order valence-corrected chi connectivity index (χ3v) is 9.58. The van der Waals surface area contributed by atoms with Crippen molar-refractivity contribution in [1.29, 1.82) is 0 Å². The number of aliphatic hydroxyl groups excluding tert-OH is 4. The van der Waals surface area contributed by atoms with Crippen molar-refractivity contribution < 1.29 is 77.7 Å². The molecule has 0 aromatic heterocycles. The largest absolute Gasteiger partial charge is 0.460 e. The molecule has 62 heavy (non-hydrogen) atoms. The molecule has 7 N–H and O–H groups in total. The van der Waals surface area contributed by atoms with Gasteiger partial charge in [-0.1, -0.05) is 27.7 Å². The molecule has 0 aliphatic carbocycles. The summed E-state index contributed by atoms with van der Waals surface area (Å²) < 4.78 is 21.5. The average molecular weight is 888 g/mol. The lowest BCUT2D eigenvalue weighted by Crippen LogP contribution is -2.61. The first kappa shape index (κ1) is 56.0. The van der Waals surface area contributed by atoms with Gasteiger partial charge >= 0.3 is 17.9 Å². The molecule has 1 saturated heterocycles. The number of hydrogen-bond donors (Lipinski definition) is 7. The van der Waals surface area contributed by atoms with E-state index in [1.165, 1.54) is 13.8 Å². The highest BCUT2D eigenvalue weighted by Crippen LogP contribution is 2.23. The van der Waals surface area contributed by atoms with Crippen molar-refractivity contribution in [3.63, 3.8) is 0 Å². The number of rotatable bonds is 22. The van der Waals surface area contributed by atoms with Crippen LogP contribution in [0.1, 0.15) is 129 Å². The molecule has 19 nitrogen and oxygen atoms in total. The van der Waals surface area contributed by atoms with Crippen LogP contribution in [0.3, 0.4) is 0 Å². The first-order valence-corrected chi connectivity index (χ1v) is 21.1. The molecule has 1 fully saturated rings. The summed E-state index contributed by atoms with van der Waals surface area (Å²) in [4.78, 5) is 106. The van der Waals surface area contributed by atoms with Gasteiger partial charge in [0.1, 0.15) is 47.3 Å². The van der Waals surface area contributed by atoms with E-state index in [0.29, 0.717) is 0 Å². The Morgan fingerprint density at radius 2 is 1.02 bits per heavy atom. The van der Waals surface area contributed by atoms with Crippen molar-refractivity contribution in [2.75, 3.05) is 13.2 Å². The molecule has 1 rings (SSSR count). The van der Waals surface area contributed by atoms with Crippen molar-refractivity contribution in [3.05, 3.63) is 0 Å². The molecule has 2 unspecified atom stereocenters. The van der Waals surface area contributed by atoms with Gasteiger partial charge in [0.05, 0.1) is 31.5 Å². The number of amides is 3. The molecule has 3 amide bonds. The highest BCUT2D eigenvalue weighted by atomic mass is 16.6. The summed E-state index contributed by atoms with van der Waals surface area (Å²) in [6, 6.07) is -2.79. The van der Waals surface area contributed by atoms with Gasteiger partial charge in [-0.3, -0.25) is 38.4 Å². The molecule has 10 atom stereocenters. The molecule has 0 aromatic rings. The molecule has 1 heterocycles. The third kappa shape index (κ3) is 20.4. The van der Waals surface area contributed by atoms with Crippen LogP contribution in [-0.2, 0) is 57.3 Å². The lowest BCUT2D eigenvalue weighted by Gasteiger charge is -2.40. The molecule has 0 spiro atoms. The molecule has 356 valence electrons. The number of ether oxygens (including phenoxy) is 4. The Morgan fingerprint density at radius 3 is 1.52 bits per heavy atom. The molecule has 19 heteroatoms. The molecular formula is C43H73N3O16. The highest BCUT2D eigenvalue weighted by molar-refractivity contribution is 5.97. The van der Waals surface area contributed by atoms with Crippen LogP contribution in [0.2, 0.25) is 0 Å². The van der Waals surface area contributed by atoms with E-state index in [4.69, 9.17) is 18.9 Å². The van der Waals surface area contributed by atoms with Crippen LogP contribution in [0.15, 0.2) is 0 Å². The third-order valence-electron chi connectivity index (χ3n) is 9.58. The monoisotopic (exact) mass is 887 g/mol. The summed E-state index contributed by atoms with van der Waals surface area (Å²) in [7, 11) is 0. The van der Waals surface area contributed by atoms with Gasteiger partial charge in [0.2, 0.25) is 17.7 Å². The predicted octanol–water partition coefficient (Wildman–Crippen LogP) is 0.963. The Hall–Kier alpha value is -4.04. The van der Waals surface area contributed by atoms with E-state index in [1.807, 2.05) is 0 Å². The van der Waals surface area contributed by atoms with Crippen LogP contribution in [0.4, 0.5) is 0 Å². The first-order chi connectivity index (χ1) is 28.2. The normalized spacial score (nSPS) is 21.9. The number of Topliss-reactive ketones (excluding diaryl/α,β-unsaturated/α-hetero) is 2. The quantitative estimate of drug-likeness (QED) is 0.0589. The average Bonchev–Trinajstić information content (AvgIpc) is 3.10. The fourth-order valence-electron chi connectivity index (χ4n) is 6.33. The molecule has 1 aliphatic rings. The van der Waals surface area contributed by atoms with Gasteiger partial charge in [-0.25, -0.2) is 0 Å². The van der Waals surface area contributed by atoms with E-state index in [-0.39, 0.29) is 25.8 Å². The number of nitrogens with one attached hydrogen (secondary N) is 3. The maximum absolute atomic E-state index is 14.0. The topological polar surface area (TPSA) is 290 Å². The Labute approximate surface area is 365 Å². The summed E-state index contributed by atoms with van der Waals surface area (Å²) >= 11 is 0. The minimum absolute atomic E-state index is 0.193. The van der Waals surface area contributed by atoms with Gasteiger partial charge in [0.15, 0.2) is 11.6 Å². The molecule has 0 radical (unpaired) electrons. The zero-order valence-electron chi connectivity index (χ0n) is 38.7. The molecule has 0 aromatic carbocycles. The zero-order chi connectivity index (χ0) is 48.1. The molecule has 0 bridgehead atoms. The Kier molecular flexibility index (Phi) is 21.8. The second-order valence-electron chi connectivity index (χ2n) is 19.4. The standard InChI is InChI=1S/C43H73N3O16/c1-22(2)25(18-29(49)26(14-15-32(50)60-41(5,6)7)45-39(57)24(4)17-33(51)61-42(8,9)10)40(58)46-27(19-34(52)62-43(11,12)13)28(48)16-23(3)38(56)44-20-30-35(53)37(55)36(54)31(21-47)59-30/h22-27,30-31,35-37,47,53-55H,14-21H2,1-13H3,(H,44,56)(H,45,57)(H,46,58)/t23-,24+,25+,26+,27+,30+,31-,35+,36?,37?/m1/s1. The Balaban J connectivity index is 3.29. The SMILES string of the molecule is CC(C)[C@H](CC(=O)[C@H](CCC(=O)OC(C)(C)C)NC(=O)[C@@H](C)CC(=O)OC(C)(C)C)C(=O)N[C@@H](CC(=O)OC(C)(C)C)C(=O)C[C@@H](C)C(=O)NC[C@@H]1O[C@H](CO)C(O)C(O)[C@H]1O. The lowest BCUT2D eigenvalue weighted by atomic mass is 9.86. The summed E-state index contributed by atoms with van der Waals surface area (Å²) in [6.45, 7) is 20.0. The van der Waals surface area contributed by atoms with E-state index in [1.54, 1.807) is 76.2 Å². The van der Waals surface area contributed by atoms with Crippen LogP contribution in [0.25, 0.3) is 0 Å². The smallest absolute Gasteiger partial charge is 0.308 e. The summed E-state index contributed by atoms with van der Waals surface area (Å²) in [5, 5.41) is 47.6. The maximum atomic E-state index is 14.0. The summed E-state index contributed by atoms with van der Waals surface area (Å²) in [6.07, 6.45) is -9.60. The van der Waals surface area contributed by atoms with E-state index in [2.05, 4.69) is 16.0 Å². The van der Waals surface area contributed by atoms with Crippen molar-refractivity contribution in [3.8, 4) is 0 Å². The van der Waals surface area contributed by atoms with Gasteiger partial charge in [-0.2, -0.15) is 0 Å². The fraction of sp³-hybridized carbons (Fsp3) is 0.814. The van der Waals surface area contributed by atoms with Crippen LogP contribution >= 0.6 is 0 Å². The number of aliphatic hydroxyl groups is 4. The van der Waals surface area contributed by atoms with Crippen LogP contribution in [0, 0.1) is 23.7 Å². The van der Waals surface area contributed by atoms with Gasteiger partial charge < -0.3 is 55.3 Å². The molecular weight excluding hydrogens is 814 g/mol. The second-order valence-corrected chi connectivity index (χ2v) is 19.4. The van der Waals surface area contributed by atoms with Gasteiger partial charge in [-0.05, 0) is 74.7 Å². The number of esters is 3. The summed E-state index contributed by atoms with van der Waals surface area (Å²) in [5.74, 6) is -9.23. The van der Waals surface area contributed by atoms with Gasteiger partial charge in [-0.15, -0.1) is 0 Å². The van der Waals surface area contributed by atoms with Crippen LogP contribution in [-0.4, -0.2) is 140 Å². The summed E-state index contributed by atoms with van der Waals surface area (Å²) in [5.41, 5.74) is -2.58. The van der Waals surface area contributed by atoms with E-state index < -0.39 is 156 Å². The van der Waals surface area contributed by atoms with E-state index >= 15 is 0 Å². The maximum Gasteiger partial charge on any atom is 0.308 e. The van der Waals surface area contributed by atoms with E-state index in [0.717, 1.165) is 0 Å². The Bertz CT molecular complexity index is 1560. The van der Waals surface area contributed by atoms with Crippen molar-refractivity contribution in [1.82, 2.24) is 16.0 Å². The molecule has 1 aliphatic heterocycles. The van der Waals surface area contributed by atoms with Gasteiger partial charge in [0, 0.05) is 43.6 Å². The minimum Gasteiger partial charge on any atom is -0.460 e. The van der Waals surface area contributed by atoms with Crippen molar-refractivity contribution in [2.45, 2.75) is 188 Å². The number of ketones is 2. The first-order valence-electron chi connectivity index (χ1n) is 21.1. The van der Waals surface area contributed by atoms with Crippen LogP contribution in [0.5, 0.6) is 0 Å². The fourth-order valence-corrected chi connectivity index (χ4v) is 6.33. The highest BCUT2D eigenvalue weighted by Gasteiger charge is 2.43. The minimum atomic E-state index is -1.66. The number of carbonyl (C=O) groups excluding carboxylic acids is 8. The van der Waals surface area contributed by atoms with Crippen LogP contribution < -0.4 is 16.0 Å². The number of hydrogen-bond acceptors (Lipinski definition) is 16. The van der Waals surface area contributed by atoms with Gasteiger partial charge in [0.25, 0.3) is 0 Å². The van der Waals surface area contributed by atoms with Crippen molar-refractivity contribution >= 4 is 47.2 Å². The lowest BCUT2D eigenvalue weighted by molar-refractivity contribution is -0.227. The number of carbonyl (C=O) groups is 8. The predicted molar refractivity (Wildman–Crippen MR) is 223 cm³/mol.